The predicted molar refractivity (Wildman–Crippen MR) is 142 cm³/mol. The summed E-state index contributed by atoms with van der Waals surface area (Å²) in [5.41, 5.74) is 6.69. The van der Waals surface area contributed by atoms with Crippen LogP contribution in [0.4, 0.5) is 0 Å². The zero-order valence-corrected chi connectivity index (χ0v) is 21.9. The molecule has 0 fully saturated rings. The number of hydrogen-bond donors (Lipinski definition) is 8. The molecule has 41 heavy (non-hydrogen) atoms. The van der Waals surface area contributed by atoms with Gasteiger partial charge in [0.2, 0.25) is 17.7 Å². The Morgan fingerprint density at radius 1 is 0.659 bits per heavy atom. The summed E-state index contributed by atoms with van der Waals surface area (Å²) in [6.07, 6.45) is -1.92. The second-order valence-corrected chi connectivity index (χ2v) is 9.22. The summed E-state index contributed by atoms with van der Waals surface area (Å²) in [5.74, 6) is -6.89. The van der Waals surface area contributed by atoms with Crippen LogP contribution in [0.2, 0.25) is 0 Å². The van der Waals surface area contributed by atoms with Crippen LogP contribution >= 0.6 is 0 Å². The molecule has 4 unspecified atom stereocenters. The number of phenolic OH excluding ortho intramolecular Hbond substituents is 1. The van der Waals surface area contributed by atoms with Crippen molar-refractivity contribution in [1.29, 1.82) is 0 Å². The molecular weight excluding hydrogens is 540 g/mol. The first-order chi connectivity index (χ1) is 19.3. The van der Waals surface area contributed by atoms with Gasteiger partial charge in [0.15, 0.2) is 0 Å². The molecule has 0 aliphatic rings. The minimum Gasteiger partial charge on any atom is -0.508 e. The number of aromatic hydroxyl groups is 1. The van der Waals surface area contributed by atoms with E-state index in [1.165, 1.54) is 24.3 Å². The summed E-state index contributed by atoms with van der Waals surface area (Å²) in [6.45, 7) is 0. The Morgan fingerprint density at radius 3 is 1.73 bits per heavy atom. The van der Waals surface area contributed by atoms with Crippen LogP contribution in [-0.2, 0) is 41.6 Å². The maximum atomic E-state index is 13.3. The first-order valence-corrected chi connectivity index (χ1v) is 12.5. The van der Waals surface area contributed by atoms with E-state index in [0.717, 1.165) is 0 Å². The molecule has 0 radical (unpaired) electrons. The summed E-state index contributed by atoms with van der Waals surface area (Å²) in [5, 5.41) is 44.3. The predicted octanol–water partition coefficient (Wildman–Crippen LogP) is -0.617. The van der Waals surface area contributed by atoms with Crippen LogP contribution in [-0.4, -0.2) is 80.2 Å². The van der Waals surface area contributed by atoms with Gasteiger partial charge in [-0.25, -0.2) is 4.79 Å². The highest BCUT2D eigenvalue weighted by Crippen LogP contribution is 2.12. The number of rotatable bonds is 16. The van der Waals surface area contributed by atoms with Crippen molar-refractivity contribution >= 4 is 35.6 Å². The summed E-state index contributed by atoms with van der Waals surface area (Å²) < 4.78 is 0. The van der Waals surface area contributed by atoms with Crippen molar-refractivity contribution in [2.45, 2.75) is 56.3 Å². The number of carboxylic acid groups (broad SMARTS) is 3. The number of phenols is 1. The number of amides is 3. The Bertz CT molecular complexity index is 1240. The third-order valence-corrected chi connectivity index (χ3v) is 5.92. The maximum Gasteiger partial charge on any atom is 0.326 e. The van der Waals surface area contributed by atoms with E-state index in [-0.39, 0.29) is 18.6 Å². The zero-order valence-electron chi connectivity index (χ0n) is 21.9. The van der Waals surface area contributed by atoms with E-state index >= 15 is 0 Å². The Morgan fingerprint density at radius 2 is 1.17 bits per heavy atom. The fourth-order valence-corrected chi connectivity index (χ4v) is 3.77. The quantitative estimate of drug-likeness (QED) is 0.126. The number of aliphatic carboxylic acids is 3. The van der Waals surface area contributed by atoms with E-state index in [9.17, 15) is 39.0 Å². The Balaban J connectivity index is 2.26. The van der Waals surface area contributed by atoms with Gasteiger partial charge < -0.3 is 42.1 Å². The molecular formula is C27H32N4O10. The van der Waals surface area contributed by atoms with E-state index in [0.29, 0.717) is 11.1 Å². The van der Waals surface area contributed by atoms with Crippen molar-refractivity contribution in [1.82, 2.24) is 16.0 Å². The molecule has 3 amide bonds. The molecule has 14 heteroatoms. The Labute approximate surface area is 234 Å². The molecule has 14 nitrogen and oxygen atoms in total. The number of carbonyl (C=O) groups is 6. The summed E-state index contributed by atoms with van der Waals surface area (Å²) >= 11 is 0. The monoisotopic (exact) mass is 572 g/mol. The standard InChI is InChI=1S/C27H32N4O10/c28-18(14-23(35)36)24(37)30-20(12-16-6-8-17(32)9-7-16)26(39)29-19(10-11-22(33)34)25(38)31-21(27(40)41)13-15-4-2-1-3-5-15/h1-9,18-21,32H,10-14,28H2,(H,29,39)(H,30,37)(H,31,38)(H,33,34)(H,35,36)(H,40,41). The maximum absolute atomic E-state index is 13.3. The Hall–Kier alpha value is -4.98. The van der Waals surface area contributed by atoms with E-state index < -0.39 is 79.1 Å². The first-order valence-electron chi connectivity index (χ1n) is 12.5. The van der Waals surface area contributed by atoms with Crippen LogP contribution in [0.1, 0.15) is 30.4 Å². The van der Waals surface area contributed by atoms with Gasteiger partial charge in [0.25, 0.3) is 0 Å². The number of benzene rings is 2. The van der Waals surface area contributed by atoms with Gasteiger partial charge in [0.05, 0.1) is 12.5 Å². The van der Waals surface area contributed by atoms with Crippen LogP contribution < -0.4 is 21.7 Å². The smallest absolute Gasteiger partial charge is 0.326 e. The van der Waals surface area contributed by atoms with Crippen LogP contribution in [0, 0.1) is 0 Å². The summed E-state index contributed by atoms with van der Waals surface area (Å²) in [4.78, 5) is 72.9. The topological polar surface area (TPSA) is 245 Å². The van der Waals surface area contributed by atoms with Crippen LogP contribution in [0.15, 0.2) is 54.6 Å². The molecule has 0 aliphatic heterocycles. The lowest BCUT2D eigenvalue weighted by Gasteiger charge is -2.25. The van der Waals surface area contributed by atoms with Gasteiger partial charge in [-0.1, -0.05) is 42.5 Å². The molecule has 2 aromatic carbocycles. The normalized spacial score (nSPS) is 13.6. The second kappa shape index (κ2) is 15.6. The molecule has 0 saturated heterocycles. The van der Waals surface area contributed by atoms with Crippen LogP contribution in [0.25, 0.3) is 0 Å². The third-order valence-electron chi connectivity index (χ3n) is 5.92. The van der Waals surface area contributed by atoms with Crippen molar-refractivity contribution < 1.29 is 49.2 Å². The first kappa shape index (κ1) is 32.2. The van der Waals surface area contributed by atoms with E-state index in [4.69, 9.17) is 15.9 Å². The molecule has 0 heterocycles. The highest BCUT2D eigenvalue weighted by molar-refractivity contribution is 5.95. The largest absolute Gasteiger partial charge is 0.508 e. The van der Waals surface area contributed by atoms with Crippen molar-refractivity contribution in [3.8, 4) is 5.75 Å². The lowest BCUT2D eigenvalue weighted by Crippen LogP contribution is -2.58. The van der Waals surface area contributed by atoms with Crippen molar-refractivity contribution in [2.75, 3.05) is 0 Å². The lowest BCUT2D eigenvalue weighted by molar-refractivity contribution is -0.143. The summed E-state index contributed by atoms with van der Waals surface area (Å²) in [6, 6.07) is 8.27. The summed E-state index contributed by atoms with van der Waals surface area (Å²) in [7, 11) is 0. The number of nitrogens with two attached hydrogens (primary N) is 1. The second-order valence-electron chi connectivity index (χ2n) is 9.22. The van der Waals surface area contributed by atoms with Gasteiger partial charge in [0.1, 0.15) is 23.9 Å². The zero-order chi connectivity index (χ0) is 30.5. The minimum atomic E-state index is -1.50. The molecule has 0 aliphatic carbocycles. The SMILES string of the molecule is NC(CC(=O)O)C(=O)NC(Cc1ccc(O)cc1)C(=O)NC(CCC(=O)O)C(=O)NC(Cc1ccccc1)C(=O)O. The van der Waals surface area contributed by atoms with E-state index in [1.54, 1.807) is 30.3 Å². The van der Waals surface area contributed by atoms with E-state index in [2.05, 4.69) is 16.0 Å². The highest BCUT2D eigenvalue weighted by Gasteiger charge is 2.31. The number of nitrogens with one attached hydrogen (secondary N) is 3. The van der Waals surface area contributed by atoms with Crippen molar-refractivity contribution in [3.05, 3.63) is 65.7 Å². The molecule has 0 saturated carbocycles. The molecule has 2 aromatic rings. The molecule has 4 atom stereocenters. The van der Waals surface area contributed by atoms with Gasteiger partial charge in [0, 0.05) is 19.3 Å². The van der Waals surface area contributed by atoms with Gasteiger partial charge >= 0.3 is 17.9 Å². The molecule has 0 spiro atoms. The fraction of sp³-hybridized carbons (Fsp3) is 0.333. The molecule has 2 rings (SSSR count). The van der Waals surface area contributed by atoms with Crippen LogP contribution in [0.5, 0.6) is 5.75 Å². The fourth-order valence-electron chi connectivity index (χ4n) is 3.77. The van der Waals surface area contributed by atoms with E-state index in [1.807, 2.05) is 0 Å². The third kappa shape index (κ3) is 11.3. The minimum absolute atomic E-state index is 0.0591. The average Bonchev–Trinajstić information content (AvgIpc) is 2.91. The number of carboxylic acids is 3. The van der Waals surface area contributed by atoms with Gasteiger partial charge in [-0.05, 0) is 29.7 Å². The molecule has 0 bridgehead atoms. The number of carbonyl (C=O) groups excluding carboxylic acids is 3. The van der Waals surface area contributed by atoms with Crippen molar-refractivity contribution in [3.63, 3.8) is 0 Å². The van der Waals surface area contributed by atoms with Crippen LogP contribution in [0.3, 0.4) is 0 Å². The molecule has 220 valence electrons. The Kier molecular flexibility index (Phi) is 12.2. The number of hydrogen-bond acceptors (Lipinski definition) is 8. The van der Waals surface area contributed by atoms with Gasteiger partial charge in [-0.3, -0.25) is 24.0 Å². The highest BCUT2D eigenvalue weighted by atomic mass is 16.4. The lowest BCUT2D eigenvalue weighted by atomic mass is 10.0. The van der Waals surface area contributed by atoms with Gasteiger partial charge in [-0.2, -0.15) is 0 Å². The van der Waals surface area contributed by atoms with Crippen molar-refractivity contribution in [2.24, 2.45) is 5.73 Å². The molecule has 0 aromatic heterocycles. The van der Waals surface area contributed by atoms with Gasteiger partial charge in [-0.15, -0.1) is 0 Å². The average molecular weight is 573 g/mol. The molecule has 9 N–H and O–H groups in total.